The number of ether oxygens (including phenoxy) is 1. The number of hydrogen-bond donors (Lipinski definition) is 1. The van der Waals surface area contributed by atoms with Crippen LogP contribution in [0.15, 0.2) is 0 Å². The molecule has 1 fully saturated rings. The molecule has 0 spiro atoms. The molecule has 0 saturated carbocycles. The van der Waals surface area contributed by atoms with Crippen LogP contribution >= 0.6 is 0 Å². The average Bonchev–Trinajstić information content (AvgIpc) is 2.62. The van der Waals surface area contributed by atoms with Crippen LogP contribution in [0.4, 0.5) is 0 Å². The van der Waals surface area contributed by atoms with Gasteiger partial charge in [-0.2, -0.15) is 4.31 Å². The van der Waals surface area contributed by atoms with Gasteiger partial charge in [0.15, 0.2) is 0 Å². The van der Waals surface area contributed by atoms with Crippen molar-refractivity contribution in [2.75, 3.05) is 26.0 Å². The SMILES string of the molecule is COC(=O)CCS(=O)(=O)N1CC[C@@H](O)C1. The molecule has 0 radical (unpaired) electrons. The molecule has 1 saturated heterocycles. The molecule has 1 N–H and O–H groups in total. The van der Waals surface area contributed by atoms with Gasteiger partial charge in [-0.1, -0.05) is 0 Å². The number of esters is 1. The van der Waals surface area contributed by atoms with Gasteiger partial charge in [-0.15, -0.1) is 0 Å². The van der Waals surface area contributed by atoms with E-state index >= 15 is 0 Å². The maximum absolute atomic E-state index is 11.6. The van der Waals surface area contributed by atoms with Gasteiger partial charge in [-0.05, 0) is 6.42 Å². The molecular formula is C8H15NO5S. The van der Waals surface area contributed by atoms with Gasteiger partial charge in [0.1, 0.15) is 0 Å². The summed E-state index contributed by atoms with van der Waals surface area (Å²) in [6, 6.07) is 0. The molecule has 15 heavy (non-hydrogen) atoms. The van der Waals surface area contributed by atoms with E-state index in [0.29, 0.717) is 13.0 Å². The lowest BCUT2D eigenvalue weighted by Gasteiger charge is -2.14. The van der Waals surface area contributed by atoms with Gasteiger partial charge >= 0.3 is 5.97 Å². The van der Waals surface area contributed by atoms with Gasteiger partial charge in [0.25, 0.3) is 0 Å². The second-order valence-corrected chi connectivity index (χ2v) is 5.53. The van der Waals surface area contributed by atoms with Gasteiger partial charge in [0.2, 0.25) is 10.0 Å². The van der Waals surface area contributed by atoms with E-state index in [1.165, 1.54) is 11.4 Å². The van der Waals surface area contributed by atoms with E-state index in [0.717, 1.165) is 0 Å². The molecule has 0 amide bonds. The molecule has 0 aliphatic carbocycles. The molecule has 6 nitrogen and oxygen atoms in total. The van der Waals surface area contributed by atoms with E-state index in [2.05, 4.69) is 4.74 Å². The fourth-order valence-corrected chi connectivity index (χ4v) is 2.87. The van der Waals surface area contributed by atoms with Crippen LogP contribution in [0.5, 0.6) is 0 Å². The number of carbonyl (C=O) groups is 1. The number of β-amino-alcohol motifs (C(OH)–C–C–N with tert-alkyl or cyclic N) is 1. The number of sulfonamides is 1. The summed E-state index contributed by atoms with van der Waals surface area (Å²) < 4.78 is 28.8. The molecular weight excluding hydrogens is 222 g/mol. The minimum Gasteiger partial charge on any atom is -0.469 e. The lowest BCUT2D eigenvalue weighted by atomic mass is 10.3. The Hall–Kier alpha value is -0.660. The predicted octanol–water partition coefficient (Wildman–Crippen LogP) is -1.05. The summed E-state index contributed by atoms with van der Waals surface area (Å²) >= 11 is 0. The highest BCUT2D eigenvalue weighted by atomic mass is 32.2. The summed E-state index contributed by atoms with van der Waals surface area (Å²) in [4.78, 5) is 10.8. The molecule has 0 aromatic heterocycles. The Morgan fingerprint density at radius 3 is 2.73 bits per heavy atom. The third kappa shape index (κ3) is 3.44. The second kappa shape index (κ2) is 4.91. The van der Waals surface area contributed by atoms with Crippen LogP contribution in [-0.2, 0) is 19.6 Å². The summed E-state index contributed by atoms with van der Waals surface area (Å²) in [6.45, 7) is 0.453. The van der Waals surface area contributed by atoms with Crippen molar-refractivity contribution in [3.8, 4) is 0 Å². The number of methoxy groups -OCH3 is 1. The first kappa shape index (κ1) is 12.4. The number of hydrogen-bond acceptors (Lipinski definition) is 5. The van der Waals surface area contributed by atoms with Crippen LogP contribution in [0.3, 0.4) is 0 Å². The first-order valence-corrected chi connectivity index (χ1v) is 6.29. The Morgan fingerprint density at radius 1 is 1.60 bits per heavy atom. The molecule has 0 aromatic rings. The highest BCUT2D eigenvalue weighted by Gasteiger charge is 2.30. The quantitative estimate of drug-likeness (QED) is 0.630. The Kier molecular flexibility index (Phi) is 4.06. The molecule has 0 bridgehead atoms. The molecule has 1 rings (SSSR count). The van der Waals surface area contributed by atoms with E-state index in [1.807, 2.05) is 0 Å². The van der Waals surface area contributed by atoms with Gasteiger partial charge in [0.05, 0.1) is 25.4 Å². The monoisotopic (exact) mass is 237 g/mol. The minimum atomic E-state index is -3.43. The predicted molar refractivity (Wildman–Crippen MR) is 52.6 cm³/mol. The van der Waals surface area contributed by atoms with E-state index in [9.17, 15) is 18.3 Å². The molecule has 1 heterocycles. The van der Waals surface area contributed by atoms with Crippen molar-refractivity contribution in [1.29, 1.82) is 0 Å². The van der Waals surface area contributed by atoms with E-state index < -0.39 is 22.1 Å². The van der Waals surface area contributed by atoms with Crippen LogP contribution in [-0.4, -0.2) is 55.9 Å². The van der Waals surface area contributed by atoms with E-state index in [-0.39, 0.29) is 18.7 Å². The van der Waals surface area contributed by atoms with Crippen molar-refractivity contribution >= 4 is 16.0 Å². The maximum atomic E-state index is 11.6. The van der Waals surface area contributed by atoms with Crippen molar-refractivity contribution in [2.24, 2.45) is 0 Å². The fourth-order valence-electron chi connectivity index (χ4n) is 1.41. The summed E-state index contributed by atoms with van der Waals surface area (Å²) in [6.07, 6.45) is -0.277. The van der Waals surface area contributed by atoms with Gasteiger partial charge in [-0.25, -0.2) is 8.42 Å². The van der Waals surface area contributed by atoms with Crippen LogP contribution in [0.2, 0.25) is 0 Å². The first-order valence-electron chi connectivity index (χ1n) is 4.68. The zero-order valence-electron chi connectivity index (χ0n) is 8.55. The average molecular weight is 237 g/mol. The zero-order chi connectivity index (χ0) is 11.5. The van der Waals surface area contributed by atoms with E-state index in [4.69, 9.17) is 0 Å². The van der Waals surface area contributed by atoms with Crippen LogP contribution in [0.25, 0.3) is 0 Å². The Bertz CT molecular complexity index is 326. The highest BCUT2D eigenvalue weighted by Crippen LogP contribution is 2.14. The van der Waals surface area contributed by atoms with Crippen LogP contribution in [0.1, 0.15) is 12.8 Å². The molecule has 0 unspecified atom stereocenters. The molecule has 1 aliphatic heterocycles. The number of rotatable bonds is 4. The summed E-state index contributed by atoms with van der Waals surface area (Å²) in [5.41, 5.74) is 0. The number of aliphatic hydroxyl groups excluding tert-OH is 1. The zero-order valence-corrected chi connectivity index (χ0v) is 9.37. The molecule has 1 atom stereocenters. The molecule has 88 valence electrons. The van der Waals surface area contributed by atoms with Crippen LogP contribution in [0, 0.1) is 0 Å². The van der Waals surface area contributed by atoms with E-state index in [1.54, 1.807) is 0 Å². The number of carbonyl (C=O) groups excluding carboxylic acids is 1. The standard InChI is InChI=1S/C8H15NO5S/c1-14-8(11)3-5-15(12,13)9-4-2-7(10)6-9/h7,10H,2-6H2,1H3/t7-/m1/s1. The van der Waals surface area contributed by atoms with Crippen molar-refractivity contribution in [2.45, 2.75) is 18.9 Å². The first-order chi connectivity index (χ1) is 6.95. The summed E-state index contributed by atoms with van der Waals surface area (Å²) in [7, 11) is -2.21. The molecule has 1 aliphatic rings. The summed E-state index contributed by atoms with van der Waals surface area (Å²) in [5.74, 6) is -0.801. The lowest BCUT2D eigenvalue weighted by Crippen LogP contribution is -2.32. The lowest BCUT2D eigenvalue weighted by molar-refractivity contribution is -0.140. The topological polar surface area (TPSA) is 83.9 Å². The maximum Gasteiger partial charge on any atom is 0.306 e. The third-order valence-corrected chi connectivity index (χ3v) is 4.15. The van der Waals surface area contributed by atoms with Crippen molar-refractivity contribution in [3.05, 3.63) is 0 Å². The second-order valence-electron chi connectivity index (χ2n) is 3.44. The number of nitrogens with zero attached hydrogens (tertiary/aromatic N) is 1. The van der Waals surface area contributed by atoms with Gasteiger partial charge in [-0.3, -0.25) is 4.79 Å². The van der Waals surface area contributed by atoms with Gasteiger partial charge < -0.3 is 9.84 Å². The Balaban J connectivity index is 2.49. The Morgan fingerprint density at radius 2 is 2.27 bits per heavy atom. The smallest absolute Gasteiger partial charge is 0.306 e. The number of aliphatic hydroxyl groups is 1. The van der Waals surface area contributed by atoms with Gasteiger partial charge in [0, 0.05) is 13.1 Å². The van der Waals surface area contributed by atoms with Crippen molar-refractivity contribution in [3.63, 3.8) is 0 Å². The largest absolute Gasteiger partial charge is 0.469 e. The normalized spacial score (nSPS) is 22.9. The molecule has 0 aromatic carbocycles. The fraction of sp³-hybridized carbons (Fsp3) is 0.875. The minimum absolute atomic E-state index is 0.128. The molecule has 7 heteroatoms. The summed E-state index contributed by atoms with van der Waals surface area (Å²) in [5, 5.41) is 9.19. The van der Waals surface area contributed by atoms with Crippen molar-refractivity contribution in [1.82, 2.24) is 4.31 Å². The third-order valence-electron chi connectivity index (χ3n) is 2.31. The van der Waals surface area contributed by atoms with Crippen molar-refractivity contribution < 1.29 is 23.1 Å². The Labute approximate surface area is 88.9 Å². The highest BCUT2D eigenvalue weighted by molar-refractivity contribution is 7.89. The van der Waals surface area contributed by atoms with Crippen LogP contribution < -0.4 is 0 Å².